The lowest BCUT2D eigenvalue weighted by Gasteiger charge is -2.23. The zero-order valence-corrected chi connectivity index (χ0v) is 23.4. The Balaban J connectivity index is 1.53. The van der Waals surface area contributed by atoms with E-state index in [-0.39, 0.29) is 0 Å². The maximum absolute atomic E-state index is 6.71. The molecule has 5 aromatic carbocycles. The van der Waals surface area contributed by atoms with Crippen LogP contribution in [0.5, 0.6) is 11.5 Å². The van der Waals surface area contributed by atoms with Gasteiger partial charge in [0.25, 0.3) is 0 Å². The van der Waals surface area contributed by atoms with Crippen molar-refractivity contribution in [1.82, 2.24) is 0 Å². The number of rotatable bonds is 4. The van der Waals surface area contributed by atoms with Crippen molar-refractivity contribution >= 4 is 11.6 Å². The molecule has 0 N–H and O–H groups in total. The summed E-state index contributed by atoms with van der Waals surface area (Å²) in [7, 11) is 0. The summed E-state index contributed by atoms with van der Waals surface area (Å²) in [6.07, 6.45) is 3.16. The summed E-state index contributed by atoms with van der Waals surface area (Å²) in [6, 6.07) is 35.0. The van der Waals surface area contributed by atoms with Crippen molar-refractivity contribution in [2.75, 3.05) is 0 Å². The standard InChI is InChI=1S/C38H34O/c1-24-10-6-7-15-31(24)38-32-18-16-29(20-34-25(2)11-8-12-26(34)3)22-36(32)39-37-23-30(17-19-33(37)38)21-35-27(4)13-9-14-28(35)5/h6-20,22-23H,21H2,1-5H3/b29-20+. The first kappa shape index (κ1) is 24.9. The van der Waals surface area contributed by atoms with Gasteiger partial charge in [0.1, 0.15) is 11.5 Å². The van der Waals surface area contributed by atoms with Crippen molar-refractivity contribution in [2.45, 2.75) is 41.0 Å². The summed E-state index contributed by atoms with van der Waals surface area (Å²) in [6.45, 7) is 10.9. The van der Waals surface area contributed by atoms with Crippen LogP contribution in [0.15, 0.2) is 97.1 Å². The topological polar surface area (TPSA) is 9.23 Å². The monoisotopic (exact) mass is 506 g/mol. The quantitative estimate of drug-likeness (QED) is 0.235. The van der Waals surface area contributed by atoms with Crippen LogP contribution < -0.4 is 15.2 Å². The smallest absolute Gasteiger partial charge is 0.135 e. The molecule has 0 spiro atoms. The Morgan fingerprint density at radius 3 is 1.95 bits per heavy atom. The fourth-order valence-corrected chi connectivity index (χ4v) is 5.85. The van der Waals surface area contributed by atoms with Gasteiger partial charge in [-0.2, -0.15) is 0 Å². The number of ether oxygens (including phenoxy) is 1. The second-order valence-electron chi connectivity index (χ2n) is 10.9. The first-order chi connectivity index (χ1) is 18.9. The lowest BCUT2D eigenvalue weighted by Crippen LogP contribution is -2.20. The zero-order chi connectivity index (χ0) is 27.1. The summed E-state index contributed by atoms with van der Waals surface area (Å²) >= 11 is 0. The van der Waals surface area contributed by atoms with Crippen LogP contribution in [0.4, 0.5) is 0 Å². The summed E-state index contributed by atoms with van der Waals surface area (Å²) in [4.78, 5) is 0. The Kier molecular flexibility index (Phi) is 6.45. The van der Waals surface area contributed by atoms with Gasteiger partial charge in [0, 0.05) is 16.4 Å². The van der Waals surface area contributed by atoms with Gasteiger partial charge in [0.15, 0.2) is 0 Å². The molecule has 1 heteroatoms. The Morgan fingerprint density at radius 1 is 0.564 bits per heavy atom. The van der Waals surface area contributed by atoms with E-state index < -0.39 is 0 Å². The third-order valence-electron chi connectivity index (χ3n) is 8.10. The van der Waals surface area contributed by atoms with Crippen LogP contribution in [-0.4, -0.2) is 0 Å². The minimum absolute atomic E-state index is 0.891. The molecule has 0 saturated carbocycles. The Labute approximate surface area is 231 Å². The molecule has 0 unspecified atom stereocenters. The van der Waals surface area contributed by atoms with Gasteiger partial charge in [-0.3, -0.25) is 0 Å². The molecule has 39 heavy (non-hydrogen) atoms. The van der Waals surface area contributed by atoms with Gasteiger partial charge in [-0.25, -0.2) is 0 Å². The Hall–Kier alpha value is -4.36. The molecule has 0 atom stereocenters. The number of fused-ring (bicyclic) bond motifs is 2. The van der Waals surface area contributed by atoms with Gasteiger partial charge in [-0.1, -0.05) is 78.9 Å². The van der Waals surface area contributed by atoms with E-state index >= 15 is 0 Å². The molecule has 0 aliphatic carbocycles. The van der Waals surface area contributed by atoms with Crippen LogP contribution in [0.3, 0.4) is 0 Å². The average molecular weight is 507 g/mol. The number of hydrogen-bond donors (Lipinski definition) is 0. The molecule has 1 aliphatic rings. The molecule has 0 fully saturated rings. The number of aryl methyl sites for hydroxylation is 5. The van der Waals surface area contributed by atoms with E-state index in [4.69, 9.17) is 4.74 Å². The molecule has 192 valence electrons. The molecule has 6 rings (SSSR count). The molecular weight excluding hydrogens is 472 g/mol. The summed E-state index contributed by atoms with van der Waals surface area (Å²) in [5.41, 5.74) is 14.0. The van der Waals surface area contributed by atoms with Gasteiger partial charge >= 0.3 is 0 Å². The normalized spacial score (nSPS) is 12.6. The molecule has 0 amide bonds. The van der Waals surface area contributed by atoms with Gasteiger partial charge in [0.05, 0.1) is 0 Å². The predicted molar refractivity (Wildman–Crippen MR) is 163 cm³/mol. The highest BCUT2D eigenvalue weighted by atomic mass is 16.5. The van der Waals surface area contributed by atoms with E-state index in [2.05, 4.69) is 138 Å². The van der Waals surface area contributed by atoms with Crippen molar-refractivity contribution in [1.29, 1.82) is 0 Å². The van der Waals surface area contributed by atoms with E-state index in [1.165, 1.54) is 55.6 Å². The summed E-state index contributed by atoms with van der Waals surface area (Å²) < 4.78 is 6.71. The van der Waals surface area contributed by atoms with Crippen LogP contribution in [0.2, 0.25) is 0 Å². The lowest BCUT2D eigenvalue weighted by atomic mass is 9.88. The third-order valence-corrected chi connectivity index (χ3v) is 8.10. The van der Waals surface area contributed by atoms with Crippen LogP contribution in [0, 0.1) is 34.6 Å². The molecule has 1 aliphatic heterocycles. The van der Waals surface area contributed by atoms with E-state index in [9.17, 15) is 0 Å². The molecule has 0 aromatic heterocycles. The van der Waals surface area contributed by atoms with Crippen LogP contribution >= 0.6 is 0 Å². The minimum Gasteiger partial charge on any atom is -0.456 e. The molecule has 1 heterocycles. The third kappa shape index (κ3) is 4.70. The van der Waals surface area contributed by atoms with Crippen molar-refractivity contribution in [3.05, 3.63) is 163 Å². The van der Waals surface area contributed by atoms with Crippen molar-refractivity contribution < 1.29 is 4.74 Å². The Morgan fingerprint density at radius 2 is 1.23 bits per heavy atom. The number of benzene rings is 5. The average Bonchev–Trinajstić information content (AvgIpc) is 2.92. The maximum atomic E-state index is 6.71. The first-order valence-electron chi connectivity index (χ1n) is 13.7. The predicted octanol–water partition coefficient (Wildman–Crippen LogP) is 8.00. The fraction of sp³-hybridized carbons (Fsp3) is 0.158. The van der Waals surface area contributed by atoms with Crippen LogP contribution in [0.1, 0.15) is 55.6 Å². The first-order valence-corrected chi connectivity index (χ1v) is 13.7. The van der Waals surface area contributed by atoms with E-state index in [0.29, 0.717) is 0 Å². The van der Waals surface area contributed by atoms with E-state index in [1.807, 2.05) is 0 Å². The van der Waals surface area contributed by atoms with Gasteiger partial charge in [-0.15, -0.1) is 0 Å². The lowest BCUT2D eigenvalue weighted by molar-refractivity contribution is 0.471. The largest absolute Gasteiger partial charge is 0.456 e. The van der Waals surface area contributed by atoms with Crippen molar-refractivity contribution in [3.8, 4) is 11.5 Å². The molecule has 1 nitrogen and oxygen atoms in total. The second kappa shape index (κ2) is 10.1. The highest BCUT2D eigenvalue weighted by Gasteiger charge is 2.21. The highest BCUT2D eigenvalue weighted by Crippen LogP contribution is 2.38. The fourth-order valence-electron chi connectivity index (χ4n) is 5.85. The highest BCUT2D eigenvalue weighted by molar-refractivity contribution is 5.86. The zero-order valence-electron chi connectivity index (χ0n) is 23.4. The summed E-state index contributed by atoms with van der Waals surface area (Å²) in [5.74, 6) is 1.83. The maximum Gasteiger partial charge on any atom is 0.135 e. The molecule has 5 aromatic rings. The van der Waals surface area contributed by atoms with Crippen LogP contribution in [0.25, 0.3) is 11.6 Å². The van der Waals surface area contributed by atoms with Gasteiger partial charge < -0.3 is 4.74 Å². The van der Waals surface area contributed by atoms with Crippen molar-refractivity contribution in [3.63, 3.8) is 0 Å². The molecular formula is C38H34O. The molecule has 0 saturated heterocycles. The summed E-state index contributed by atoms with van der Waals surface area (Å²) in [5, 5.41) is 2.28. The Bertz CT molecular complexity index is 1810. The van der Waals surface area contributed by atoms with Gasteiger partial charge in [0.2, 0.25) is 0 Å². The number of hydrogen-bond acceptors (Lipinski definition) is 1. The van der Waals surface area contributed by atoms with Crippen molar-refractivity contribution in [2.24, 2.45) is 0 Å². The van der Waals surface area contributed by atoms with Gasteiger partial charge in [-0.05, 0) is 121 Å². The molecule has 0 radical (unpaired) electrons. The van der Waals surface area contributed by atoms with E-state index in [1.54, 1.807) is 0 Å². The minimum atomic E-state index is 0.891. The van der Waals surface area contributed by atoms with E-state index in [0.717, 1.165) is 33.9 Å². The van der Waals surface area contributed by atoms with Crippen LogP contribution in [-0.2, 0) is 6.42 Å². The SMILES string of the molecule is Cc1ccccc1C1=c2cc/c(=C\c3c(C)cccc3C)cc2Oc2cc(Cc3c(C)cccc3C)ccc21. The molecule has 0 bridgehead atoms. The second-order valence-corrected chi connectivity index (χ2v) is 10.9.